The van der Waals surface area contributed by atoms with Crippen LogP contribution in [0.15, 0.2) is 42.7 Å². The number of esters is 1. The molecule has 0 aromatic heterocycles. The first kappa shape index (κ1) is 22.9. The minimum absolute atomic E-state index is 0.171. The van der Waals surface area contributed by atoms with Gasteiger partial charge in [0.1, 0.15) is 24.5 Å². The Labute approximate surface area is 179 Å². The molecule has 8 heteroatoms. The topological polar surface area (TPSA) is 63.2 Å². The average molecular weight is 441 g/mol. The maximum atomic E-state index is 12.1. The van der Waals surface area contributed by atoms with Crippen molar-refractivity contribution in [1.29, 1.82) is 0 Å². The Bertz CT molecular complexity index is 843. The molecule has 2 rings (SSSR count). The van der Waals surface area contributed by atoms with E-state index < -0.39 is 5.97 Å². The summed E-state index contributed by atoms with van der Waals surface area (Å²) in [5.74, 6) is 0.321. The van der Waals surface area contributed by atoms with Crippen molar-refractivity contribution in [3.63, 3.8) is 0 Å². The van der Waals surface area contributed by atoms with Gasteiger partial charge in [-0.2, -0.15) is 0 Å². The molecule has 6 nitrogen and oxygen atoms in total. The quantitative estimate of drug-likeness (QED) is 0.229. The number of methoxy groups -OCH3 is 3. The summed E-state index contributed by atoms with van der Waals surface area (Å²) in [6.07, 6.45) is 1.34. The molecule has 0 aliphatic carbocycles. The molecular formula is C21H22Cl2O6. The molecule has 156 valence electrons. The van der Waals surface area contributed by atoms with Crippen molar-refractivity contribution in [3.05, 3.63) is 63.8 Å². The van der Waals surface area contributed by atoms with Crippen LogP contribution in [0.3, 0.4) is 0 Å². The van der Waals surface area contributed by atoms with Crippen molar-refractivity contribution >= 4 is 34.7 Å². The fourth-order valence-corrected chi connectivity index (χ4v) is 3.08. The molecule has 0 amide bonds. The molecule has 0 radical (unpaired) electrons. The highest BCUT2D eigenvalue weighted by Crippen LogP contribution is 2.37. The zero-order valence-corrected chi connectivity index (χ0v) is 17.9. The van der Waals surface area contributed by atoms with E-state index in [1.807, 2.05) is 18.2 Å². The molecule has 0 spiro atoms. The number of hydrogen-bond donors (Lipinski definition) is 0. The van der Waals surface area contributed by atoms with Crippen molar-refractivity contribution in [3.8, 4) is 11.5 Å². The number of carbonyl (C=O) groups is 1. The van der Waals surface area contributed by atoms with E-state index >= 15 is 0 Å². The van der Waals surface area contributed by atoms with E-state index in [-0.39, 0.29) is 12.2 Å². The Morgan fingerprint density at radius 1 is 1.00 bits per heavy atom. The van der Waals surface area contributed by atoms with Gasteiger partial charge in [0, 0.05) is 19.2 Å². The smallest absolute Gasteiger partial charge is 0.341 e. The van der Waals surface area contributed by atoms with Gasteiger partial charge in [-0.15, -0.1) is 0 Å². The normalized spacial score (nSPS) is 11.1. The lowest BCUT2D eigenvalue weighted by Gasteiger charge is -2.14. The number of carbonyl (C=O) groups excluding carboxylic acids is 1. The third-order valence-electron chi connectivity index (χ3n) is 3.85. The standard InChI is InChI=1S/C21H22Cl2O6/c1-25-8-9-28-20-18(22)10-15(11-19(20)23)29-12-14-6-4-5-7-16(14)17(13-26-2)21(24)27-3/h4-7,10-11,13H,8-9,12H2,1-3H3. The molecule has 0 heterocycles. The van der Waals surface area contributed by atoms with Crippen LogP contribution in [-0.2, 0) is 25.6 Å². The molecule has 0 aliphatic rings. The highest BCUT2D eigenvalue weighted by atomic mass is 35.5. The van der Waals surface area contributed by atoms with E-state index in [2.05, 4.69) is 0 Å². The van der Waals surface area contributed by atoms with Crippen LogP contribution in [0, 0.1) is 0 Å². The zero-order chi connectivity index (χ0) is 21.2. The predicted molar refractivity (Wildman–Crippen MR) is 112 cm³/mol. The fraction of sp³-hybridized carbons (Fsp3) is 0.286. The number of benzene rings is 2. The summed E-state index contributed by atoms with van der Waals surface area (Å²) in [7, 11) is 4.35. The van der Waals surface area contributed by atoms with Crippen molar-refractivity contribution in [1.82, 2.24) is 0 Å². The Morgan fingerprint density at radius 2 is 1.69 bits per heavy atom. The van der Waals surface area contributed by atoms with Gasteiger partial charge >= 0.3 is 5.97 Å². The van der Waals surface area contributed by atoms with Crippen LogP contribution in [-0.4, -0.2) is 40.5 Å². The van der Waals surface area contributed by atoms with Crippen LogP contribution < -0.4 is 9.47 Å². The summed E-state index contributed by atoms with van der Waals surface area (Å²) < 4.78 is 26.2. The summed E-state index contributed by atoms with van der Waals surface area (Å²) in [6, 6.07) is 10.5. The van der Waals surface area contributed by atoms with Crippen molar-refractivity contribution < 1.29 is 28.5 Å². The predicted octanol–water partition coefficient (Wildman–Crippen LogP) is 4.76. The SMILES string of the molecule is COC=C(C(=O)OC)c1ccccc1COc1cc(Cl)c(OCCOC)c(Cl)c1. The monoisotopic (exact) mass is 440 g/mol. The minimum Gasteiger partial charge on any atom is -0.503 e. The van der Waals surface area contributed by atoms with E-state index in [0.29, 0.717) is 40.3 Å². The summed E-state index contributed by atoms with van der Waals surface area (Å²) in [5.41, 5.74) is 1.68. The van der Waals surface area contributed by atoms with Gasteiger partial charge in [0.2, 0.25) is 0 Å². The van der Waals surface area contributed by atoms with E-state index in [1.54, 1.807) is 25.3 Å². The van der Waals surface area contributed by atoms with Gasteiger partial charge < -0.3 is 23.7 Å². The highest BCUT2D eigenvalue weighted by molar-refractivity contribution is 6.37. The first-order valence-electron chi connectivity index (χ1n) is 8.65. The van der Waals surface area contributed by atoms with Gasteiger partial charge in [0.25, 0.3) is 0 Å². The van der Waals surface area contributed by atoms with E-state index in [0.717, 1.165) is 5.56 Å². The number of halogens is 2. The van der Waals surface area contributed by atoms with Crippen LogP contribution in [0.25, 0.3) is 5.57 Å². The van der Waals surface area contributed by atoms with Crippen LogP contribution in [0.2, 0.25) is 10.0 Å². The van der Waals surface area contributed by atoms with E-state index in [9.17, 15) is 4.79 Å². The third-order valence-corrected chi connectivity index (χ3v) is 4.41. The van der Waals surface area contributed by atoms with Crippen molar-refractivity contribution in [2.24, 2.45) is 0 Å². The second kappa shape index (κ2) is 11.6. The molecule has 0 saturated carbocycles. The summed E-state index contributed by atoms with van der Waals surface area (Å²) in [5, 5.41) is 0.651. The van der Waals surface area contributed by atoms with Gasteiger partial charge in [0.15, 0.2) is 5.75 Å². The highest BCUT2D eigenvalue weighted by Gasteiger charge is 2.17. The first-order chi connectivity index (χ1) is 14.0. The number of rotatable bonds is 10. The Kier molecular flexibility index (Phi) is 9.12. The molecule has 2 aromatic rings. The largest absolute Gasteiger partial charge is 0.503 e. The summed E-state index contributed by atoms with van der Waals surface area (Å²) in [6.45, 7) is 0.912. The minimum atomic E-state index is -0.511. The molecule has 0 atom stereocenters. The molecular weight excluding hydrogens is 419 g/mol. The van der Waals surface area contributed by atoms with Gasteiger partial charge in [-0.25, -0.2) is 4.79 Å². The Hall–Kier alpha value is -2.41. The maximum absolute atomic E-state index is 12.1. The molecule has 29 heavy (non-hydrogen) atoms. The number of hydrogen-bond acceptors (Lipinski definition) is 6. The summed E-state index contributed by atoms with van der Waals surface area (Å²) >= 11 is 12.5. The van der Waals surface area contributed by atoms with Crippen molar-refractivity contribution in [2.45, 2.75) is 6.61 Å². The Morgan fingerprint density at radius 3 is 2.31 bits per heavy atom. The molecule has 0 N–H and O–H groups in total. The second-order valence-corrected chi connectivity index (χ2v) is 6.58. The van der Waals surface area contributed by atoms with Gasteiger partial charge in [0.05, 0.1) is 37.1 Å². The van der Waals surface area contributed by atoms with E-state index in [4.69, 9.17) is 46.9 Å². The third kappa shape index (κ3) is 6.29. The second-order valence-electron chi connectivity index (χ2n) is 5.76. The number of ether oxygens (including phenoxy) is 5. The van der Waals surface area contributed by atoms with Gasteiger partial charge in [-0.1, -0.05) is 47.5 Å². The van der Waals surface area contributed by atoms with Crippen molar-refractivity contribution in [2.75, 3.05) is 34.5 Å². The molecule has 0 fully saturated rings. The molecule has 2 aromatic carbocycles. The molecule has 0 unspecified atom stereocenters. The molecule has 0 bridgehead atoms. The first-order valence-corrected chi connectivity index (χ1v) is 9.40. The van der Waals surface area contributed by atoms with E-state index in [1.165, 1.54) is 20.5 Å². The fourth-order valence-electron chi connectivity index (χ4n) is 2.50. The van der Waals surface area contributed by atoms with Gasteiger partial charge in [-0.3, -0.25) is 0 Å². The lowest BCUT2D eigenvalue weighted by Crippen LogP contribution is -2.08. The van der Waals surface area contributed by atoms with Crippen LogP contribution in [0.4, 0.5) is 0 Å². The van der Waals surface area contributed by atoms with Crippen LogP contribution >= 0.6 is 23.2 Å². The van der Waals surface area contributed by atoms with Gasteiger partial charge in [-0.05, 0) is 11.1 Å². The Balaban J connectivity index is 2.20. The summed E-state index contributed by atoms with van der Waals surface area (Å²) in [4.78, 5) is 12.1. The lowest BCUT2D eigenvalue weighted by molar-refractivity contribution is -0.133. The van der Waals surface area contributed by atoms with Crippen LogP contribution in [0.1, 0.15) is 11.1 Å². The molecule has 0 saturated heterocycles. The maximum Gasteiger partial charge on any atom is 0.341 e. The lowest BCUT2D eigenvalue weighted by atomic mass is 10.0. The van der Waals surface area contributed by atoms with Crippen LogP contribution in [0.5, 0.6) is 11.5 Å². The average Bonchev–Trinajstić information content (AvgIpc) is 2.72. The zero-order valence-electron chi connectivity index (χ0n) is 16.4. The molecule has 0 aliphatic heterocycles.